The van der Waals surface area contributed by atoms with Crippen LogP contribution < -0.4 is 10.9 Å². The standard InChI is InChI=1S/C20H24N6O2S/c1-11-4-6-16-14(8-11)9-17(29-16)19(28)25-24-18(27)7-5-15-12(2)23-20-21-10-22-26(20)13(15)3/h9-11H,4-8H2,1-3H3,(H,24,27)(H,25,28)/t11-/m1/s1. The molecular formula is C20H24N6O2S. The van der Waals surface area contributed by atoms with E-state index >= 15 is 0 Å². The van der Waals surface area contributed by atoms with Crippen LogP contribution in [0.4, 0.5) is 0 Å². The van der Waals surface area contributed by atoms with Crippen LogP contribution in [0.2, 0.25) is 0 Å². The normalized spacial score (nSPS) is 15.9. The van der Waals surface area contributed by atoms with E-state index in [0.717, 1.165) is 29.8 Å². The van der Waals surface area contributed by atoms with Crippen LogP contribution in [-0.2, 0) is 24.1 Å². The van der Waals surface area contributed by atoms with Gasteiger partial charge in [0, 0.05) is 22.7 Å². The fourth-order valence-electron chi connectivity index (χ4n) is 3.82. The molecule has 152 valence electrons. The highest BCUT2D eigenvalue weighted by atomic mass is 32.1. The SMILES string of the molecule is Cc1nc2ncnn2c(C)c1CCC(=O)NNC(=O)c1cc2c(s1)CC[C@@H](C)C2. The van der Waals surface area contributed by atoms with Crippen LogP contribution in [0.1, 0.15) is 56.8 Å². The average molecular weight is 413 g/mol. The number of aryl methyl sites for hydroxylation is 3. The summed E-state index contributed by atoms with van der Waals surface area (Å²) in [7, 11) is 0. The quantitative estimate of drug-likeness (QED) is 0.641. The van der Waals surface area contributed by atoms with Gasteiger partial charge in [0.1, 0.15) is 6.33 Å². The molecule has 1 atom stereocenters. The number of rotatable bonds is 4. The second-order valence-corrected chi connectivity index (χ2v) is 8.78. The molecule has 1 aliphatic carbocycles. The average Bonchev–Trinajstić information content (AvgIpc) is 3.32. The zero-order valence-corrected chi connectivity index (χ0v) is 17.6. The minimum absolute atomic E-state index is 0.238. The first-order chi connectivity index (χ1) is 13.9. The molecule has 3 heterocycles. The topological polar surface area (TPSA) is 101 Å². The van der Waals surface area contributed by atoms with Gasteiger partial charge in [0.25, 0.3) is 11.7 Å². The second kappa shape index (κ2) is 7.90. The van der Waals surface area contributed by atoms with Crippen LogP contribution in [0.3, 0.4) is 0 Å². The predicted molar refractivity (Wildman–Crippen MR) is 110 cm³/mol. The van der Waals surface area contributed by atoms with Gasteiger partial charge in [-0.15, -0.1) is 11.3 Å². The smallest absolute Gasteiger partial charge is 0.273 e. The third kappa shape index (κ3) is 4.00. The summed E-state index contributed by atoms with van der Waals surface area (Å²) in [4.78, 5) is 35.1. The van der Waals surface area contributed by atoms with Crippen molar-refractivity contribution in [2.24, 2.45) is 5.92 Å². The van der Waals surface area contributed by atoms with Crippen LogP contribution in [0, 0.1) is 19.8 Å². The molecule has 1 aliphatic rings. The molecule has 29 heavy (non-hydrogen) atoms. The summed E-state index contributed by atoms with van der Waals surface area (Å²) < 4.78 is 1.67. The van der Waals surface area contributed by atoms with Crippen LogP contribution in [-0.4, -0.2) is 31.4 Å². The number of hydrazine groups is 1. The summed E-state index contributed by atoms with van der Waals surface area (Å²) in [6.07, 6.45) is 5.43. The van der Waals surface area contributed by atoms with E-state index in [2.05, 4.69) is 32.8 Å². The molecule has 0 unspecified atom stereocenters. The molecule has 2 amide bonds. The van der Waals surface area contributed by atoms with E-state index in [1.807, 2.05) is 19.9 Å². The fourth-order valence-corrected chi connectivity index (χ4v) is 4.93. The molecule has 0 radical (unpaired) electrons. The Hall–Kier alpha value is -2.81. The van der Waals surface area contributed by atoms with Gasteiger partial charge in [0.15, 0.2) is 0 Å². The van der Waals surface area contributed by atoms with Crippen molar-refractivity contribution in [2.75, 3.05) is 0 Å². The molecule has 0 bridgehead atoms. The van der Waals surface area contributed by atoms with Gasteiger partial charge in [-0.1, -0.05) is 6.92 Å². The fraction of sp³-hybridized carbons (Fsp3) is 0.450. The van der Waals surface area contributed by atoms with Gasteiger partial charge in [-0.3, -0.25) is 20.4 Å². The summed E-state index contributed by atoms with van der Waals surface area (Å²) >= 11 is 1.53. The van der Waals surface area contributed by atoms with Crippen molar-refractivity contribution in [3.63, 3.8) is 0 Å². The van der Waals surface area contributed by atoms with E-state index in [0.29, 0.717) is 23.0 Å². The Morgan fingerprint density at radius 1 is 1.31 bits per heavy atom. The first-order valence-corrected chi connectivity index (χ1v) is 10.6. The minimum Gasteiger partial charge on any atom is -0.273 e. The molecule has 0 saturated heterocycles. The van der Waals surface area contributed by atoms with Crippen molar-refractivity contribution < 1.29 is 9.59 Å². The van der Waals surface area contributed by atoms with Crippen molar-refractivity contribution in [3.05, 3.63) is 44.7 Å². The first kappa shape index (κ1) is 19.5. The Morgan fingerprint density at radius 3 is 2.97 bits per heavy atom. The lowest BCUT2D eigenvalue weighted by atomic mass is 9.90. The van der Waals surface area contributed by atoms with Crippen molar-refractivity contribution in [1.29, 1.82) is 0 Å². The van der Waals surface area contributed by atoms with Gasteiger partial charge < -0.3 is 0 Å². The molecule has 4 rings (SSSR count). The van der Waals surface area contributed by atoms with Gasteiger partial charge in [0.2, 0.25) is 5.91 Å². The van der Waals surface area contributed by atoms with Crippen molar-refractivity contribution in [3.8, 4) is 0 Å². The van der Waals surface area contributed by atoms with E-state index in [9.17, 15) is 9.59 Å². The van der Waals surface area contributed by atoms with Crippen molar-refractivity contribution in [2.45, 2.75) is 52.9 Å². The lowest BCUT2D eigenvalue weighted by Crippen LogP contribution is -2.41. The number of nitrogens with zero attached hydrogens (tertiary/aromatic N) is 4. The number of hydrogen-bond acceptors (Lipinski definition) is 6. The number of nitrogens with one attached hydrogen (secondary N) is 2. The van der Waals surface area contributed by atoms with Gasteiger partial charge >= 0.3 is 0 Å². The largest absolute Gasteiger partial charge is 0.279 e. The van der Waals surface area contributed by atoms with Crippen molar-refractivity contribution >= 4 is 28.9 Å². The maximum absolute atomic E-state index is 12.4. The number of aromatic nitrogens is 4. The third-order valence-electron chi connectivity index (χ3n) is 5.46. The summed E-state index contributed by atoms with van der Waals surface area (Å²) in [6, 6.07) is 1.96. The third-order valence-corrected chi connectivity index (χ3v) is 6.70. The molecule has 0 fully saturated rings. The number of thiophene rings is 1. The molecular weight excluding hydrogens is 388 g/mol. The Labute approximate surface area is 172 Å². The number of carbonyl (C=O) groups excluding carboxylic acids is 2. The molecule has 0 saturated carbocycles. The zero-order valence-electron chi connectivity index (χ0n) is 16.8. The van der Waals surface area contributed by atoms with E-state index in [4.69, 9.17) is 0 Å². The molecule has 0 aliphatic heterocycles. The predicted octanol–water partition coefficient (Wildman–Crippen LogP) is 2.32. The highest BCUT2D eigenvalue weighted by molar-refractivity contribution is 7.14. The van der Waals surface area contributed by atoms with Gasteiger partial charge in [-0.2, -0.15) is 10.1 Å². The summed E-state index contributed by atoms with van der Waals surface area (Å²) in [5.41, 5.74) is 9.04. The number of fused-ring (bicyclic) bond motifs is 2. The first-order valence-electron chi connectivity index (χ1n) is 9.79. The molecule has 3 aromatic rings. The second-order valence-electron chi connectivity index (χ2n) is 7.64. The van der Waals surface area contributed by atoms with E-state index in [-0.39, 0.29) is 18.2 Å². The van der Waals surface area contributed by atoms with Crippen LogP contribution in [0.15, 0.2) is 12.4 Å². The molecule has 0 spiro atoms. The molecule has 8 nitrogen and oxygen atoms in total. The maximum Gasteiger partial charge on any atom is 0.279 e. The van der Waals surface area contributed by atoms with E-state index in [1.54, 1.807) is 4.52 Å². The van der Waals surface area contributed by atoms with Crippen LogP contribution in [0.25, 0.3) is 5.78 Å². The number of carbonyl (C=O) groups is 2. The van der Waals surface area contributed by atoms with E-state index in [1.165, 1.54) is 34.5 Å². The highest BCUT2D eigenvalue weighted by Crippen LogP contribution is 2.32. The lowest BCUT2D eigenvalue weighted by Gasteiger charge is -2.16. The summed E-state index contributed by atoms with van der Waals surface area (Å²) in [5, 5.41) is 4.16. The van der Waals surface area contributed by atoms with Gasteiger partial charge in [-0.25, -0.2) is 9.50 Å². The Kier molecular flexibility index (Phi) is 5.31. The zero-order chi connectivity index (χ0) is 20.5. The van der Waals surface area contributed by atoms with Crippen LogP contribution >= 0.6 is 11.3 Å². The van der Waals surface area contributed by atoms with Gasteiger partial charge in [0.05, 0.1) is 4.88 Å². The lowest BCUT2D eigenvalue weighted by molar-refractivity contribution is -0.121. The monoisotopic (exact) mass is 412 g/mol. The van der Waals surface area contributed by atoms with E-state index < -0.39 is 0 Å². The number of hydrogen-bond donors (Lipinski definition) is 2. The van der Waals surface area contributed by atoms with Crippen molar-refractivity contribution in [1.82, 2.24) is 30.4 Å². The minimum atomic E-state index is -0.261. The summed E-state index contributed by atoms with van der Waals surface area (Å²) in [6.45, 7) is 6.07. The maximum atomic E-state index is 12.4. The Balaban J connectivity index is 1.33. The summed E-state index contributed by atoms with van der Waals surface area (Å²) in [5.74, 6) is 0.702. The molecule has 9 heteroatoms. The van der Waals surface area contributed by atoms with Crippen LogP contribution in [0.5, 0.6) is 0 Å². The van der Waals surface area contributed by atoms with Gasteiger partial charge in [-0.05, 0) is 62.6 Å². The Bertz CT molecular complexity index is 1090. The molecule has 0 aromatic carbocycles. The highest BCUT2D eigenvalue weighted by Gasteiger charge is 2.21. The molecule has 3 aromatic heterocycles. The Morgan fingerprint density at radius 2 is 2.14 bits per heavy atom. The number of amides is 2. The molecule has 2 N–H and O–H groups in total.